The second-order valence-corrected chi connectivity index (χ2v) is 6.73. The van der Waals surface area contributed by atoms with Gasteiger partial charge in [-0.2, -0.15) is 10.2 Å². The van der Waals surface area contributed by atoms with Gasteiger partial charge < -0.3 is 0 Å². The molecule has 1 aliphatic carbocycles. The van der Waals surface area contributed by atoms with Gasteiger partial charge in [0.25, 0.3) is 0 Å². The van der Waals surface area contributed by atoms with Gasteiger partial charge in [0.2, 0.25) is 0 Å². The maximum atomic E-state index is 13.3. The van der Waals surface area contributed by atoms with Crippen LogP contribution in [0, 0.1) is 23.5 Å². The van der Waals surface area contributed by atoms with E-state index < -0.39 is 11.6 Å². The van der Waals surface area contributed by atoms with Crippen LogP contribution in [0.4, 0.5) is 8.78 Å². The molecule has 0 radical (unpaired) electrons. The molecule has 1 fully saturated rings. The van der Waals surface area contributed by atoms with Crippen molar-refractivity contribution in [1.82, 2.24) is 0 Å². The molecule has 4 heteroatoms. The van der Waals surface area contributed by atoms with Crippen LogP contribution >= 0.6 is 0 Å². The summed E-state index contributed by atoms with van der Waals surface area (Å²) in [4.78, 5) is 0. The van der Waals surface area contributed by atoms with Crippen molar-refractivity contribution in [3.05, 3.63) is 71.3 Å². The normalized spacial score (nSPS) is 21.6. The summed E-state index contributed by atoms with van der Waals surface area (Å²) in [6.45, 7) is 2.29. The molecule has 2 aromatic rings. The van der Waals surface area contributed by atoms with E-state index in [4.69, 9.17) is 0 Å². The molecular formula is C21H22F2N2. The SMILES string of the molecule is CC1CCC(C(=NN=Cc2ccc(F)c(F)c2)c2ccccc2)CC1. The molecule has 0 spiro atoms. The minimum Gasteiger partial charge on any atom is -0.204 e. The number of hydrogen-bond acceptors (Lipinski definition) is 2. The van der Waals surface area contributed by atoms with Crippen LogP contribution in [0.2, 0.25) is 0 Å². The van der Waals surface area contributed by atoms with E-state index in [2.05, 4.69) is 17.1 Å². The molecule has 25 heavy (non-hydrogen) atoms. The first-order valence-electron chi connectivity index (χ1n) is 8.75. The highest BCUT2D eigenvalue weighted by Gasteiger charge is 2.23. The Labute approximate surface area is 147 Å². The van der Waals surface area contributed by atoms with E-state index in [-0.39, 0.29) is 0 Å². The first kappa shape index (κ1) is 17.5. The quantitative estimate of drug-likeness (QED) is 0.510. The van der Waals surface area contributed by atoms with E-state index in [1.807, 2.05) is 30.3 Å². The van der Waals surface area contributed by atoms with E-state index in [1.165, 1.54) is 25.1 Å². The molecule has 0 aromatic heterocycles. The van der Waals surface area contributed by atoms with E-state index in [0.29, 0.717) is 11.5 Å². The molecule has 2 aromatic carbocycles. The van der Waals surface area contributed by atoms with Crippen molar-refractivity contribution in [1.29, 1.82) is 0 Å². The lowest BCUT2D eigenvalue weighted by Gasteiger charge is -2.27. The number of nitrogens with zero attached hydrogens (tertiary/aromatic N) is 2. The average Bonchev–Trinajstić information content (AvgIpc) is 2.63. The molecule has 0 saturated heterocycles. The van der Waals surface area contributed by atoms with Crippen LogP contribution in [0.1, 0.15) is 43.7 Å². The highest BCUT2D eigenvalue weighted by molar-refractivity contribution is 6.02. The molecule has 0 bridgehead atoms. The molecular weight excluding hydrogens is 318 g/mol. The molecule has 2 nitrogen and oxygen atoms in total. The molecule has 130 valence electrons. The largest absolute Gasteiger partial charge is 0.204 e. The van der Waals surface area contributed by atoms with Crippen molar-refractivity contribution in [2.45, 2.75) is 32.6 Å². The van der Waals surface area contributed by atoms with Gasteiger partial charge in [0.05, 0.1) is 11.9 Å². The highest BCUT2D eigenvalue weighted by atomic mass is 19.2. The van der Waals surface area contributed by atoms with Gasteiger partial charge in [0.15, 0.2) is 11.6 Å². The van der Waals surface area contributed by atoms with Crippen LogP contribution in [0.25, 0.3) is 0 Å². The maximum Gasteiger partial charge on any atom is 0.159 e. The van der Waals surface area contributed by atoms with Gasteiger partial charge in [-0.05, 0) is 42.0 Å². The van der Waals surface area contributed by atoms with E-state index in [9.17, 15) is 8.78 Å². The number of rotatable bonds is 4. The molecule has 1 saturated carbocycles. The summed E-state index contributed by atoms with van der Waals surface area (Å²) < 4.78 is 26.3. The molecule has 0 atom stereocenters. The van der Waals surface area contributed by atoms with E-state index in [1.54, 1.807) is 0 Å². The number of benzene rings is 2. The fourth-order valence-corrected chi connectivity index (χ4v) is 3.27. The number of hydrogen-bond donors (Lipinski definition) is 0. The fourth-order valence-electron chi connectivity index (χ4n) is 3.27. The summed E-state index contributed by atoms with van der Waals surface area (Å²) in [5.74, 6) is -0.584. The van der Waals surface area contributed by atoms with Gasteiger partial charge in [-0.1, -0.05) is 56.2 Å². The predicted molar refractivity (Wildman–Crippen MR) is 98.1 cm³/mol. The maximum absolute atomic E-state index is 13.3. The number of halogens is 2. The van der Waals surface area contributed by atoms with Gasteiger partial charge in [-0.15, -0.1) is 0 Å². The third-order valence-electron chi connectivity index (χ3n) is 4.79. The predicted octanol–water partition coefficient (Wildman–Crippen LogP) is 5.61. The average molecular weight is 340 g/mol. The molecule has 1 aliphatic rings. The summed E-state index contributed by atoms with van der Waals surface area (Å²) in [5, 5.41) is 8.62. The first-order valence-corrected chi connectivity index (χ1v) is 8.75. The third kappa shape index (κ3) is 4.59. The molecule has 0 aliphatic heterocycles. The standard InChI is InChI=1S/C21H22F2N2/c1-15-7-10-18(11-8-15)21(17-5-3-2-4-6-17)25-24-14-16-9-12-19(22)20(23)13-16/h2-6,9,12-15,18H,7-8,10-11H2,1H3. The minimum absolute atomic E-state index is 0.390. The topological polar surface area (TPSA) is 24.7 Å². The first-order chi connectivity index (χ1) is 12.1. The zero-order chi connectivity index (χ0) is 17.6. The summed E-state index contributed by atoms with van der Waals surface area (Å²) >= 11 is 0. The van der Waals surface area contributed by atoms with E-state index >= 15 is 0 Å². The van der Waals surface area contributed by atoms with Crippen molar-refractivity contribution < 1.29 is 8.78 Å². The van der Waals surface area contributed by atoms with Gasteiger partial charge in [-0.3, -0.25) is 0 Å². The van der Waals surface area contributed by atoms with Crippen LogP contribution in [0.5, 0.6) is 0 Å². The lowest BCUT2D eigenvalue weighted by Crippen LogP contribution is -2.21. The van der Waals surface area contributed by atoms with Gasteiger partial charge in [0, 0.05) is 5.92 Å². The Morgan fingerprint density at radius 2 is 1.68 bits per heavy atom. The summed E-state index contributed by atoms with van der Waals surface area (Å²) in [7, 11) is 0. The second kappa shape index (κ2) is 8.15. The fraction of sp³-hybridized carbons (Fsp3) is 0.333. The Morgan fingerprint density at radius 3 is 2.36 bits per heavy atom. The lowest BCUT2D eigenvalue weighted by molar-refractivity contribution is 0.344. The second-order valence-electron chi connectivity index (χ2n) is 6.73. The third-order valence-corrected chi connectivity index (χ3v) is 4.79. The van der Waals surface area contributed by atoms with Crippen LogP contribution < -0.4 is 0 Å². The Morgan fingerprint density at radius 1 is 0.960 bits per heavy atom. The smallest absolute Gasteiger partial charge is 0.159 e. The molecule has 0 N–H and O–H groups in total. The van der Waals surface area contributed by atoms with Crippen LogP contribution in [-0.2, 0) is 0 Å². The molecule has 3 rings (SSSR count). The van der Waals surface area contributed by atoms with Crippen LogP contribution in [0.15, 0.2) is 58.7 Å². The lowest BCUT2D eigenvalue weighted by atomic mass is 9.79. The Kier molecular flexibility index (Phi) is 5.69. The van der Waals surface area contributed by atoms with E-state index in [0.717, 1.165) is 42.2 Å². The zero-order valence-electron chi connectivity index (χ0n) is 14.3. The Hall–Kier alpha value is -2.36. The summed E-state index contributed by atoms with van der Waals surface area (Å²) in [6.07, 6.45) is 6.08. The monoisotopic (exact) mass is 340 g/mol. The Bertz CT molecular complexity index is 761. The molecule has 0 unspecified atom stereocenters. The minimum atomic E-state index is -0.877. The van der Waals surface area contributed by atoms with Gasteiger partial charge in [-0.25, -0.2) is 8.78 Å². The molecule has 0 heterocycles. The highest BCUT2D eigenvalue weighted by Crippen LogP contribution is 2.31. The summed E-state index contributed by atoms with van der Waals surface area (Å²) in [5.41, 5.74) is 2.54. The van der Waals surface area contributed by atoms with Crippen molar-refractivity contribution in [2.24, 2.45) is 22.0 Å². The zero-order valence-corrected chi connectivity index (χ0v) is 14.3. The Balaban J connectivity index is 1.84. The van der Waals surface area contributed by atoms with Crippen molar-refractivity contribution in [3.63, 3.8) is 0 Å². The van der Waals surface area contributed by atoms with Crippen molar-refractivity contribution >= 4 is 11.9 Å². The summed E-state index contributed by atoms with van der Waals surface area (Å²) in [6, 6.07) is 13.8. The van der Waals surface area contributed by atoms with Gasteiger partial charge >= 0.3 is 0 Å². The van der Waals surface area contributed by atoms with Crippen molar-refractivity contribution in [2.75, 3.05) is 0 Å². The molecule has 0 amide bonds. The van der Waals surface area contributed by atoms with Crippen LogP contribution in [-0.4, -0.2) is 11.9 Å². The van der Waals surface area contributed by atoms with Crippen LogP contribution in [0.3, 0.4) is 0 Å². The van der Waals surface area contributed by atoms with Crippen molar-refractivity contribution in [3.8, 4) is 0 Å². The van der Waals surface area contributed by atoms with Gasteiger partial charge in [0.1, 0.15) is 0 Å².